The minimum absolute atomic E-state index is 0.0365. The molecule has 0 bridgehead atoms. The predicted octanol–water partition coefficient (Wildman–Crippen LogP) is 5.21. The molecule has 2 amide bonds. The molecule has 0 aromatic heterocycles. The van der Waals surface area contributed by atoms with Gasteiger partial charge in [-0.15, -0.1) is 0 Å². The molecule has 0 atom stereocenters. The first kappa shape index (κ1) is 20.8. The first-order valence-electron chi connectivity index (χ1n) is 8.96. The van der Waals surface area contributed by atoms with Crippen molar-refractivity contribution < 1.29 is 9.59 Å². The van der Waals surface area contributed by atoms with Crippen LogP contribution in [0, 0.1) is 0 Å². The highest BCUT2D eigenvalue weighted by Gasteiger charge is 2.09. The van der Waals surface area contributed by atoms with Crippen molar-refractivity contribution in [2.75, 3.05) is 5.32 Å². The van der Waals surface area contributed by atoms with Crippen LogP contribution >= 0.6 is 23.2 Å². The van der Waals surface area contributed by atoms with Crippen LogP contribution in [0.3, 0.4) is 0 Å². The quantitative estimate of drug-likeness (QED) is 0.418. The van der Waals surface area contributed by atoms with E-state index in [9.17, 15) is 9.59 Å². The van der Waals surface area contributed by atoms with Gasteiger partial charge in [-0.25, -0.2) is 5.43 Å². The van der Waals surface area contributed by atoms with Crippen LogP contribution in [-0.2, 0) is 16.0 Å². The Morgan fingerprint density at radius 2 is 1.69 bits per heavy atom. The van der Waals surface area contributed by atoms with Gasteiger partial charge in [-0.2, -0.15) is 5.10 Å². The van der Waals surface area contributed by atoms with Crippen molar-refractivity contribution in [3.63, 3.8) is 0 Å². The highest BCUT2D eigenvalue weighted by atomic mass is 35.5. The SMILES string of the molecule is C/C(CC(=O)Nc1ccc(Cl)c(Cl)c1)=N\NC(=O)Cc1cccc2ccccc12. The van der Waals surface area contributed by atoms with E-state index in [4.69, 9.17) is 23.2 Å². The number of nitrogens with one attached hydrogen (secondary N) is 2. The molecule has 5 nitrogen and oxygen atoms in total. The Labute approximate surface area is 178 Å². The van der Waals surface area contributed by atoms with E-state index in [1.165, 1.54) is 0 Å². The number of amides is 2. The maximum absolute atomic E-state index is 12.3. The number of carbonyl (C=O) groups is 2. The van der Waals surface area contributed by atoms with E-state index < -0.39 is 0 Å². The number of benzene rings is 3. The monoisotopic (exact) mass is 427 g/mol. The summed E-state index contributed by atoms with van der Waals surface area (Å²) in [5, 5.41) is 9.62. The fourth-order valence-corrected chi connectivity index (χ4v) is 3.17. The van der Waals surface area contributed by atoms with Crippen molar-refractivity contribution >= 4 is 57.2 Å². The number of anilines is 1. The molecular weight excluding hydrogens is 409 g/mol. The van der Waals surface area contributed by atoms with Gasteiger partial charge < -0.3 is 5.32 Å². The van der Waals surface area contributed by atoms with Crippen LogP contribution in [-0.4, -0.2) is 17.5 Å². The van der Waals surface area contributed by atoms with E-state index in [1.807, 2.05) is 42.5 Å². The maximum Gasteiger partial charge on any atom is 0.244 e. The van der Waals surface area contributed by atoms with Crippen molar-refractivity contribution in [2.45, 2.75) is 19.8 Å². The Kier molecular flexibility index (Phi) is 6.86. The van der Waals surface area contributed by atoms with E-state index in [0.717, 1.165) is 16.3 Å². The minimum atomic E-state index is -0.270. The zero-order valence-corrected chi connectivity index (χ0v) is 17.2. The van der Waals surface area contributed by atoms with Crippen LogP contribution in [0.15, 0.2) is 65.8 Å². The summed E-state index contributed by atoms with van der Waals surface area (Å²) in [6.07, 6.45) is 0.238. The van der Waals surface area contributed by atoms with Gasteiger partial charge in [0.2, 0.25) is 11.8 Å². The Hall–Kier alpha value is -2.89. The van der Waals surface area contributed by atoms with Gasteiger partial charge in [0.05, 0.1) is 22.9 Å². The lowest BCUT2D eigenvalue weighted by molar-refractivity contribution is -0.120. The van der Waals surface area contributed by atoms with Gasteiger partial charge in [-0.05, 0) is 41.5 Å². The number of hydrazone groups is 1. The highest BCUT2D eigenvalue weighted by Crippen LogP contribution is 2.25. The summed E-state index contributed by atoms with van der Waals surface area (Å²) in [4.78, 5) is 24.4. The lowest BCUT2D eigenvalue weighted by atomic mass is 10.0. The minimum Gasteiger partial charge on any atom is -0.326 e. The summed E-state index contributed by atoms with van der Waals surface area (Å²) < 4.78 is 0. The van der Waals surface area contributed by atoms with Crippen molar-refractivity contribution in [3.05, 3.63) is 76.3 Å². The molecule has 0 radical (unpaired) electrons. The molecular formula is C22H19Cl2N3O2. The zero-order chi connectivity index (χ0) is 20.8. The molecule has 29 heavy (non-hydrogen) atoms. The van der Waals surface area contributed by atoms with E-state index in [1.54, 1.807) is 25.1 Å². The topological polar surface area (TPSA) is 70.6 Å². The fraction of sp³-hybridized carbons (Fsp3) is 0.136. The lowest BCUT2D eigenvalue weighted by Crippen LogP contribution is -2.23. The number of fused-ring (bicyclic) bond motifs is 1. The molecule has 3 aromatic carbocycles. The van der Waals surface area contributed by atoms with E-state index in [0.29, 0.717) is 21.4 Å². The van der Waals surface area contributed by atoms with Crippen LogP contribution in [0.5, 0.6) is 0 Å². The van der Waals surface area contributed by atoms with Crippen LogP contribution in [0.4, 0.5) is 5.69 Å². The van der Waals surface area contributed by atoms with E-state index in [2.05, 4.69) is 15.8 Å². The largest absolute Gasteiger partial charge is 0.326 e. The highest BCUT2D eigenvalue weighted by molar-refractivity contribution is 6.42. The van der Waals surface area contributed by atoms with Crippen molar-refractivity contribution in [1.29, 1.82) is 0 Å². The van der Waals surface area contributed by atoms with Crippen LogP contribution in [0.2, 0.25) is 10.0 Å². The normalized spacial score (nSPS) is 11.3. The van der Waals surface area contributed by atoms with E-state index in [-0.39, 0.29) is 24.7 Å². The molecule has 2 N–H and O–H groups in total. The van der Waals surface area contributed by atoms with Crippen molar-refractivity contribution in [3.8, 4) is 0 Å². The number of carbonyl (C=O) groups excluding carboxylic acids is 2. The molecule has 3 aromatic rings. The summed E-state index contributed by atoms with van der Waals surface area (Å²) in [7, 11) is 0. The molecule has 0 unspecified atom stereocenters. The average Bonchev–Trinajstić information content (AvgIpc) is 2.69. The van der Waals surface area contributed by atoms with Crippen LogP contribution in [0.1, 0.15) is 18.9 Å². The predicted molar refractivity (Wildman–Crippen MR) is 119 cm³/mol. The molecule has 3 rings (SSSR count). The molecule has 0 saturated heterocycles. The molecule has 0 fully saturated rings. The van der Waals surface area contributed by atoms with Gasteiger partial charge in [-0.1, -0.05) is 65.7 Å². The van der Waals surface area contributed by atoms with Gasteiger partial charge in [0.1, 0.15) is 0 Å². The molecule has 0 aliphatic rings. The van der Waals surface area contributed by atoms with Crippen molar-refractivity contribution in [1.82, 2.24) is 5.43 Å². The molecule has 148 valence electrons. The zero-order valence-electron chi connectivity index (χ0n) is 15.7. The summed E-state index contributed by atoms with van der Waals surface area (Å²) in [6, 6.07) is 18.6. The Morgan fingerprint density at radius 3 is 2.48 bits per heavy atom. The summed E-state index contributed by atoms with van der Waals surface area (Å²) in [6.45, 7) is 1.67. The van der Waals surface area contributed by atoms with Crippen LogP contribution < -0.4 is 10.7 Å². The smallest absolute Gasteiger partial charge is 0.244 e. The second-order valence-electron chi connectivity index (χ2n) is 6.55. The van der Waals surface area contributed by atoms with Gasteiger partial charge in [0.15, 0.2) is 0 Å². The number of halogens is 2. The third kappa shape index (κ3) is 5.79. The first-order valence-corrected chi connectivity index (χ1v) is 9.71. The van der Waals surface area contributed by atoms with Gasteiger partial charge >= 0.3 is 0 Å². The Morgan fingerprint density at radius 1 is 0.931 bits per heavy atom. The van der Waals surface area contributed by atoms with Crippen molar-refractivity contribution in [2.24, 2.45) is 5.10 Å². The van der Waals surface area contributed by atoms with Gasteiger partial charge in [-0.3, -0.25) is 9.59 Å². The summed E-state index contributed by atoms with van der Waals surface area (Å²) in [5.41, 5.74) is 4.45. The number of hydrogen-bond acceptors (Lipinski definition) is 3. The lowest BCUT2D eigenvalue weighted by Gasteiger charge is -2.07. The second kappa shape index (κ2) is 9.54. The third-order valence-electron chi connectivity index (χ3n) is 4.22. The van der Waals surface area contributed by atoms with Crippen LogP contribution in [0.25, 0.3) is 10.8 Å². The molecule has 0 spiro atoms. The summed E-state index contributed by atoms with van der Waals surface area (Å²) in [5.74, 6) is -0.515. The van der Waals surface area contributed by atoms with Gasteiger partial charge in [0, 0.05) is 11.4 Å². The average molecular weight is 428 g/mol. The Bertz CT molecular complexity index is 1090. The fourth-order valence-electron chi connectivity index (χ4n) is 2.87. The maximum atomic E-state index is 12.3. The molecule has 0 heterocycles. The molecule has 0 aliphatic heterocycles. The molecule has 0 aliphatic carbocycles. The van der Waals surface area contributed by atoms with Gasteiger partial charge in [0.25, 0.3) is 0 Å². The number of rotatable bonds is 6. The Balaban J connectivity index is 1.55. The molecule has 0 saturated carbocycles. The molecule has 7 heteroatoms. The number of hydrogen-bond donors (Lipinski definition) is 2. The summed E-state index contributed by atoms with van der Waals surface area (Å²) >= 11 is 11.8. The number of nitrogens with zero attached hydrogens (tertiary/aromatic N) is 1. The van der Waals surface area contributed by atoms with E-state index >= 15 is 0 Å². The third-order valence-corrected chi connectivity index (χ3v) is 4.96. The standard InChI is InChI=1S/C22H19Cl2N3O2/c1-14(11-21(28)25-17-9-10-19(23)20(24)13-17)26-27-22(29)12-16-7-4-6-15-5-2-3-8-18(15)16/h2-10,13H,11-12H2,1H3,(H,25,28)(H,27,29)/b26-14+. The second-order valence-corrected chi connectivity index (χ2v) is 7.37. The first-order chi connectivity index (χ1) is 13.9.